The fourth-order valence-corrected chi connectivity index (χ4v) is 2.66. The van der Waals surface area contributed by atoms with Gasteiger partial charge in [0.1, 0.15) is 5.75 Å². The number of carboxylic acids is 1. The molecule has 122 valence electrons. The summed E-state index contributed by atoms with van der Waals surface area (Å²) in [6.45, 7) is 5.85. The number of aliphatic carboxylic acids is 1. The molecule has 0 aliphatic carbocycles. The Bertz CT molecular complexity index is 741. The van der Waals surface area contributed by atoms with Crippen LogP contribution in [0.4, 0.5) is 0 Å². The predicted molar refractivity (Wildman–Crippen MR) is 92.9 cm³/mol. The normalized spacial score (nSPS) is 12.0. The van der Waals surface area contributed by atoms with Crippen molar-refractivity contribution in [2.24, 2.45) is 0 Å². The van der Waals surface area contributed by atoms with Crippen molar-refractivity contribution in [2.45, 2.75) is 33.3 Å². The molecule has 0 radical (unpaired) electrons. The van der Waals surface area contributed by atoms with Crippen LogP contribution >= 0.6 is 23.2 Å². The molecule has 0 unspecified atom stereocenters. The molecule has 1 N–H and O–H groups in total. The molecule has 2 aromatic rings. The van der Waals surface area contributed by atoms with Gasteiger partial charge in [-0.25, -0.2) is 4.79 Å². The summed E-state index contributed by atoms with van der Waals surface area (Å²) >= 11 is 11.9. The number of aryl methyl sites for hydroxylation is 2. The lowest BCUT2D eigenvalue weighted by molar-refractivity contribution is -0.145. The second kappa shape index (κ2) is 7.24. The van der Waals surface area contributed by atoms with E-state index in [1.165, 1.54) is 0 Å². The largest absolute Gasteiger partial charge is 0.478 e. The van der Waals surface area contributed by atoms with Gasteiger partial charge in [0.2, 0.25) is 0 Å². The zero-order chi connectivity index (χ0) is 17.1. The molecule has 0 fully saturated rings. The first-order chi connectivity index (χ1) is 10.8. The first-order valence-electron chi connectivity index (χ1n) is 7.19. The molecular weight excluding hydrogens is 335 g/mol. The van der Waals surface area contributed by atoms with Gasteiger partial charge in [-0.05, 0) is 61.2 Å². The van der Waals surface area contributed by atoms with Crippen molar-refractivity contribution in [1.29, 1.82) is 0 Å². The topological polar surface area (TPSA) is 46.5 Å². The maximum absolute atomic E-state index is 11.6. The maximum Gasteiger partial charge on any atom is 0.345 e. The number of carboxylic acid groups (broad SMARTS) is 1. The van der Waals surface area contributed by atoms with Crippen LogP contribution in [0.5, 0.6) is 5.75 Å². The summed E-state index contributed by atoms with van der Waals surface area (Å²) in [4.78, 5) is 11.6. The van der Waals surface area contributed by atoms with E-state index in [0.717, 1.165) is 22.3 Å². The molecule has 1 atom stereocenters. The number of benzene rings is 2. The lowest BCUT2D eigenvalue weighted by Crippen LogP contribution is -2.29. The van der Waals surface area contributed by atoms with E-state index in [1.807, 2.05) is 32.9 Å². The standard InChI is InChI=1S/C18H18Cl2O3/c1-10-6-11(2)12(3)16(7-10)23-17(18(21)22)9-13-4-5-14(19)15(20)8-13/h4-8,17H,9H2,1-3H3,(H,21,22)/t17-/m0/s1. The molecule has 0 amide bonds. The van der Waals surface area contributed by atoms with Crippen molar-refractivity contribution >= 4 is 29.2 Å². The van der Waals surface area contributed by atoms with E-state index in [2.05, 4.69) is 0 Å². The Morgan fingerprint density at radius 3 is 2.43 bits per heavy atom. The average Bonchev–Trinajstić information content (AvgIpc) is 2.47. The van der Waals surface area contributed by atoms with Gasteiger partial charge in [0, 0.05) is 6.42 Å². The molecule has 5 heteroatoms. The molecule has 0 saturated carbocycles. The van der Waals surface area contributed by atoms with Gasteiger partial charge in [0.15, 0.2) is 6.10 Å². The highest BCUT2D eigenvalue weighted by atomic mass is 35.5. The van der Waals surface area contributed by atoms with Gasteiger partial charge in [-0.1, -0.05) is 35.3 Å². The van der Waals surface area contributed by atoms with E-state index in [-0.39, 0.29) is 6.42 Å². The third kappa shape index (κ3) is 4.40. The Morgan fingerprint density at radius 2 is 1.83 bits per heavy atom. The van der Waals surface area contributed by atoms with Gasteiger partial charge in [0.05, 0.1) is 10.0 Å². The number of hydrogen-bond donors (Lipinski definition) is 1. The van der Waals surface area contributed by atoms with Gasteiger partial charge >= 0.3 is 5.97 Å². The zero-order valence-electron chi connectivity index (χ0n) is 13.2. The monoisotopic (exact) mass is 352 g/mol. The minimum Gasteiger partial charge on any atom is -0.478 e. The van der Waals surface area contributed by atoms with Crippen molar-refractivity contribution in [2.75, 3.05) is 0 Å². The number of carbonyl (C=O) groups is 1. The van der Waals surface area contributed by atoms with E-state index in [0.29, 0.717) is 15.8 Å². The van der Waals surface area contributed by atoms with Crippen LogP contribution in [-0.4, -0.2) is 17.2 Å². The third-order valence-electron chi connectivity index (χ3n) is 3.71. The molecule has 2 rings (SSSR count). The van der Waals surface area contributed by atoms with Crippen LogP contribution < -0.4 is 4.74 Å². The van der Waals surface area contributed by atoms with Crippen LogP contribution in [0.2, 0.25) is 10.0 Å². The van der Waals surface area contributed by atoms with E-state index in [9.17, 15) is 9.90 Å². The van der Waals surface area contributed by atoms with Crippen molar-refractivity contribution in [3.05, 3.63) is 62.6 Å². The van der Waals surface area contributed by atoms with Gasteiger partial charge < -0.3 is 9.84 Å². The van der Waals surface area contributed by atoms with Crippen LogP contribution in [0.3, 0.4) is 0 Å². The fourth-order valence-electron chi connectivity index (χ4n) is 2.34. The summed E-state index contributed by atoms with van der Waals surface area (Å²) in [5.74, 6) is -0.426. The Morgan fingerprint density at radius 1 is 1.13 bits per heavy atom. The summed E-state index contributed by atoms with van der Waals surface area (Å²) < 4.78 is 5.77. The Labute approximate surface area is 145 Å². The van der Waals surface area contributed by atoms with E-state index >= 15 is 0 Å². The van der Waals surface area contributed by atoms with Gasteiger partial charge in [-0.15, -0.1) is 0 Å². The second-order valence-corrected chi connectivity index (χ2v) is 6.42. The number of rotatable bonds is 5. The lowest BCUT2D eigenvalue weighted by Gasteiger charge is -2.18. The minimum atomic E-state index is -1.02. The Balaban J connectivity index is 2.26. The molecule has 0 bridgehead atoms. The van der Waals surface area contributed by atoms with Crippen molar-refractivity contribution in [1.82, 2.24) is 0 Å². The second-order valence-electron chi connectivity index (χ2n) is 5.60. The number of ether oxygens (including phenoxy) is 1. The first-order valence-corrected chi connectivity index (χ1v) is 7.94. The third-order valence-corrected chi connectivity index (χ3v) is 4.45. The molecule has 2 aromatic carbocycles. The molecular formula is C18H18Cl2O3. The Kier molecular flexibility index (Phi) is 5.55. The highest BCUT2D eigenvalue weighted by Crippen LogP contribution is 2.27. The van der Waals surface area contributed by atoms with E-state index in [1.54, 1.807) is 18.2 Å². The molecule has 0 aromatic heterocycles. The van der Waals surface area contributed by atoms with Crippen LogP contribution in [0.15, 0.2) is 30.3 Å². The minimum absolute atomic E-state index is 0.207. The molecule has 0 aliphatic heterocycles. The van der Waals surface area contributed by atoms with E-state index in [4.69, 9.17) is 27.9 Å². The maximum atomic E-state index is 11.6. The van der Waals surface area contributed by atoms with Crippen LogP contribution in [-0.2, 0) is 11.2 Å². The van der Waals surface area contributed by atoms with Crippen LogP contribution in [0, 0.1) is 20.8 Å². The molecule has 0 heterocycles. The van der Waals surface area contributed by atoms with Crippen LogP contribution in [0.1, 0.15) is 22.3 Å². The fraction of sp³-hybridized carbons (Fsp3) is 0.278. The number of halogens is 2. The number of hydrogen-bond acceptors (Lipinski definition) is 2. The quantitative estimate of drug-likeness (QED) is 0.823. The van der Waals surface area contributed by atoms with Crippen molar-refractivity contribution in [3.8, 4) is 5.75 Å². The summed E-state index contributed by atoms with van der Waals surface area (Å²) in [6.07, 6.45) is -0.786. The Hall–Kier alpha value is -1.71. The highest BCUT2D eigenvalue weighted by molar-refractivity contribution is 6.42. The van der Waals surface area contributed by atoms with Crippen LogP contribution in [0.25, 0.3) is 0 Å². The predicted octanol–water partition coefficient (Wildman–Crippen LogP) is 4.99. The summed E-state index contributed by atoms with van der Waals surface area (Å²) in [5, 5.41) is 10.3. The van der Waals surface area contributed by atoms with Gasteiger partial charge in [-0.3, -0.25) is 0 Å². The van der Waals surface area contributed by atoms with Crippen molar-refractivity contribution < 1.29 is 14.6 Å². The smallest absolute Gasteiger partial charge is 0.345 e. The van der Waals surface area contributed by atoms with Crippen molar-refractivity contribution in [3.63, 3.8) is 0 Å². The van der Waals surface area contributed by atoms with E-state index < -0.39 is 12.1 Å². The molecule has 0 aliphatic rings. The lowest BCUT2D eigenvalue weighted by atomic mass is 10.0. The molecule has 0 saturated heterocycles. The molecule has 23 heavy (non-hydrogen) atoms. The van der Waals surface area contributed by atoms with Gasteiger partial charge in [0.25, 0.3) is 0 Å². The summed E-state index contributed by atoms with van der Waals surface area (Å²) in [7, 11) is 0. The van der Waals surface area contributed by atoms with Gasteiger partial charge in [-0.2, -0.15) is 0 Å². The molecule has 0 spiro atoms. The summed E-state index contributed by atoms with van der Waals surface area (Å²) in [5.41, 5.74) is 3.80. The average molecular weight is 353 g/mol. The molecule has 3 nitrogen and oxygen atoms in total. The zero-order valence-corrected chi connectivity index (χ0v) is 14.7. The highest BCUT2D eigenvalue weighted by Gasteiger charge is 2.21. The first kappa shape index (κ1) is 17.6. The summed E-state index contributed by atoms with van der Waals surface area (Å²) in [6, 6.07) is 8.96. The SMILES string of the molecule is Cc1cc(C)c(C)c(O[C@@H](Cc2ccc(Cl)c(Cl)c2)C(=O)O)c1.